The lowest BCUT2D eigenvalue weighted by atomic mass is 10.1. The Bertz CT molecular complexity index is 566. The van der Waals surface area contributed by atoms with Crippen LogP contribution in [-0.4, -0.2) is 19.8 Å². The predicted octanol–water partition coefficient (Wildman–Crippen LogP) is 4.09. The van der Waals surface area contributed by atoms with E-state index in [4.69, 9.17) is 9.47 Å². The van der Waals surface area contributed by atoms with Crippen LogP contribution in [0.1, 0.15) is 30.0 Å². The van der Waals surface area contributed by atoms with Gasteiger partial charge in [-0.2, -0.15) is 0 Å². The van der Waals surface area contributed by atoms with Gasteiger partial charge in [-0.3, -0.25) is 0 Å². The second-order valence-electron chi connectivity index (χ2n) is 5.59. The van der Waals surface area contributed by atoms with Crippen molar-refractivity contribution in [2.24, 2.45) is 0 Å². The molecule has 0 saturated heterocycles. The minimum absolute atomic E-state index is 0.613. The van der Waals surface area contributed by atoms with Gasteiger partial charge in [0.15, 0.2) is 0 Å². The number of rotatable bonds is 10. The van der Waals surface area contributed by atoms with Gasteiger partial charge in [0.2, 0.25) is 0 Å². The molecule has 1 N–H and O–H groups in total. The first-order valence-electron chi connectivity index (χ1n) is 8.34. The Kier molecular flexibility index (Phi) is 7.64. The number of nitrogens with one attached hydrogen (secondary N) is 1. The van der Waals surface area contributed by atoms with E-state index in [1.54, 1.807) is 0 Å². The Morgan fingerprint density at radius 1 is 1.00 bits per heavy atom. The van der Waals surface area contributed by atoms with E-state index in [1.165, 1.54) is 16.7 Å². The van der Waals surface area contributed by atoms with Crippen molar-refractivity contribution in [3.8, 4) is 5.75 Å². The maximum Gasteiger partial charge on any atom is 0.119 e. The Balaban J connectivity index is 1.71. The van der Waals surface area contributed by atoms with E-state index in [9.17, 15) is 0 Å². The van der Waals surface area contributed by atoms with Crippen molar-refractivity contribution in [2.45, 2.75) is 33.4 Å². The largest absolute Gasteiger partial charge is 0.489 e. The maximum absolute atomic E-state index is 5.86. The van der Waals surface area contributed by atoms with Crippen LogP contribution in [0.3, 0.4) is 0 Å². The molecular formula is C20H27NO2. The average molecular weight is 313 g/mol. The molecule has 124 valence electrons. The molecule has 0 radical (unpaired) electrons. The molecule has 23 heavy (non-hydrogen) atoms. The summed E-state index contributed by atoms with van der Waals surface area (Å²) in [6.45, 7) is 8.23. The van der Waals surface area contributed by atoms with E-state index < -0.39 is 0 Å². The molecule has 0 atom stereocenters. The smallest absolute Gasteiger partial charge is 0.119 e. The Hall–Kier alpha value is -1.84. The van der Waals surface area contributed by atoms with Crippen molar-refractivity contribution in [2.75, 3.05) is 19.8 Å². The Morgan fingerprint density at radius 3 is 2.52 bits per heavy atom. The van der Waals surface area contributed by atoms with Crippen LogP contribution in [0.2, 0.25) is 0 Å². The minimum Gasteiger partial charge on any atom is -0.489 e. The summed E-state index contributed by atoms with van der Waals surface area (Å²) >= 11 is 0. The summed E-state index contributed by atoms with van der Waals surface area (Å²) in [4.78, 5) is 0. The van der Waals surface area contributed by atoms with Crippen molar-refractivity contribution >= 4 is 0 Å². The zero-order valence-electron chi connectivity index (χ0n) is 14.2. The molecule has 2 aromatic rings. The highest BCUT2D eigenvalue weighted by atomic mass is 16.5. The lowest BCUT2D eigenvalue weighted by molar-refractivity contribution is 0.144. The highest BCUT2D eigenvalue weighted by Gasteiger charge is 1.99. The molecule has 0 fully saturated rings. The summed E-state index contributed by atoms with van der Waals surface area (Å²) in [5, 5.41) is 3.42. The van der Waals surface area contributed by atoms with Crippen LogP contribution in [0.25, 0.3) is 0 Å². The van der Waals surface area contributed by atoms with E-state index in [0.29, 0.717) is 6.61 Å². The molecule has 0 unspecified atom stereocenters. The van der Waals surface area contributed by atoms with E-state index in [0.717, 1.165) is 38.5 Å². The average Bonchev–Trinajstić information content (AvgIpc) is 2.58. The highest BCUT2D eigenvalue weighted by molar-refractivity contribution is 5.29. The molecule has 3 heteroatoms. The third kappa shape index (κ3) is 6.43. The highest BCUT2D eigenvalue weighted by Crippen LogP contribution is 2.15. The van der Waals surface area contributed by atoms with Crippen molar-refractivity contribution < 1.29 is 9.47 Å². The summed E-state index contributed by atoms with van der Waals surface area (Å²) in [5.74, 6) is 0.911. The van der Waals surface area contributed by atoms with E-state index in [1.807, 2.05) is 25.1 Å². The van der Waals surface area contributed by atoms with Gasteiger partial charge < -0.3 is 14.8 Å². The third-order valence-corrected chi connectivity index (χ3v) is 3.75. The Labute approximate surface area is 139 Å². The molecule has 2 aromatic carbocycles. The fourth-order valence-corrected chi connectivity index (χ4v) is 2.31. The van der Waals surface area contributed by atoms with Crippen LogP contribution in [0.4, 0.5) is 0 Å². The second kappa shape index (κ2) is 10.0. The summed E-state index contributed by atoms with van der Waals surface area (Å²) in [7, 11) is 0. The van der Waals surface area contributed by atoms with Gasteiger partial charge in [0.05, 0.1) is 0 Å². The van der Waals surface area contributed by atoms with Crippen molar-refractivity contribution in [1.82, 2.24) is 5.32 Å². The lowest BCUT2D eigenvalue weighted by Crippen LogP contribution is -2.16. The van der Waals surface area contributed by atoms with Gasteiger partial charge in [-0.1, -0.05) is 36.4 Å². The SMILES string of the molecule is CCOCCCNCc1ccc(OCc2ccccc2C)cc1. The topological polar surface area (TPSA) is 30.5 Å². The number of aryl methyl sites for hydroxylation is 1. The monoisotopic (exact) mass is 313 g/mol. The fraction of sp³-hybridized carbons (Fsp3) is 0.400. The van der Waals surface area contributed by atoms with Gasteiger partial charge in [-0.25, -0.2) is 0 Å². The molecule has 0 aliphatic rings. The van der Waals surface area contributed by atoms with Gasteiger partial charge in [0.1, 0.15) is 12.4 Å². The maximum atomic E-state index is 5.86. The molecule has 0 amide bonds. The normalized spacial score (nSPS) is 10.7. The number of ether oxygens (including phenoxy) is 2. The predicted molar refractivity (Wildman–Crippen MR) is 94.8 cm³/mol. The molecule has 0 spiro atoms. The molecule has 3 nitrogen and oxygen atoms in total. The summed E-state index contributed by atoms with van der Waals surface area (Å²) in [6.07, 6.45) is 1.05. The van der Waals surface area contributed by atoms with E-state index >= 15 is 0 Å². The van der Waals surface area contributed by atoms with Crippen LogP contribution in [0, 0.1) is 6.92 Å². The lowest BCUT2D eigenvalue weighted by Gasteiger charge is -2.10. The zero-order chi connectivity index (χ0) is 16.3. The minimum atomic E-state index is 0.613. The van der Waals surface area contributed by atoms with Gasteiger partial charge in [0.25, 0.3) is 0 Å². The van der Waals surface area contributed by atoms with Crippen molar-refractivity contribution in [1.29, 1.82) is 0 Å². The van der Waals surface area contributed by atoms with Gasteiger partial charge >= 0.3 is 0 Å². The van der Waals surface area contributed by atoms with Gasteiger partial charge in [0, 0.05) is 19.8 Å². The first-order chi connectivity index (χ1) is 11.3. The van der Waals surface area contributed by atoms with E-state index in [-0.39, 0.29) is 0 Å². The summed E-state index contributed by atoms with van der Waals surface area (Å²) < 4.78 is 11.2. The first-order valence-corrected chi connectivity index (χ1v) is 8.34. The van der Waals surface area contributed by atoms with Crippen LogP contribution < -0.4 is 10.1 Å². The Morgan fingerprint density at radius 2 is 1.78 bits per heavy atom. The number of hydrogen-bond donors (Lipinski definition) is 1. The molecular weight excluding hydrogens is 286 g/mol. The van der Waals surface area contributed by atoms with Crippen LogP contribution >= 0.6 is 0 Å². The van der Waals surface area contributed by atoms with Gasteiger partial charge in [-0.15, -0.1) is 0 Å². The van der Waals surface area contributed by atoms with Crippen molar-refractivity contribution in [3.05, 3.63) is 65.2 Å². The van der Waals surface area contributed by atoms with Crippen LogP contribution in [0.15, 0.2) is 48.5 Å². The number of benzene rings is 2. The first kappa shape index (κ1) is 17.5. The standard InChI is InChI=1S/C20H27NO2/c1-3-22-14-6-13-21-15-18-9-11-20(12-10-18)23-16-19-8-5-4-7-17(19)2/h4-5,7-12,21H,3,6,13-16H2,1-2H3. The van der Waals surface area contributed by atoms with E-state index in [2.05, 4.69) is 42.6 Å². The molecule has 0 saturated carbocycles. The molecule has 0 aliphatic heterocycles. The molecule has 0 heterocycles. The summed E-state index contributed by atoms with van der Waals surface area (Å²) in [5.41, 5.74) is 3.76. The molecule has 0 bridgehead atoms. The number of hydrogen-bond acceptors (Lipinski definition) is 3. The second-order valence-corrected chi connectivity index (χ2v) is 5.59. The van der Waals surface area contributed by atoms with Crippen LogP contribution in [0.5, 0.6) is 5.75 Å². The van der Waals surface area contributed by atoms with Gasteiger partial charge in [-0.05, 0) is 55.6 Å². The summed E-state index contributed by atoms with van der Waals surface area (Å²) in [6, 6.07) is 16.6. The molecule has 0 aromatic heterocycles. The zero-order valence-corrected chi connectivity index (χ0v) is 14.2. The van der Waals surface area contributed by atoms with Crippen LogP contribution in [-0.2, 0) is 17.9 Å². The molecule has 0 aliphatic carbocycles. The molecule has 2 rings (SSSR count). The fourth-order valence-electron chi connectivity index (χ4n) is 2.31. The van der Waals surface area contributed by atoms with Crippen molar-refractivity contribution in [3.63, 3.8) is 0 Å². The quantitative estimate of drug-likeness (QED) is 0.670. The third-order valence-electron chi connectivity index (χ3n) is 3.75.